The first-order valence-electron chi connectivity index (χ1n) is 6.55. The van der Waals surface area contributed by atoms with Gasteiger partial charge in [0.25, 0.3) is 0 Å². The van der Waals surface area contributed by atoms with Gasteiger partial charge in [-0.1, -0.05) is 0 Å². The van der Waals surface area contributed by atoms with Crippen LogP contribution in [-0.2, 0) is 4.79 Å². The second kappa shape index (κ2) is 6.37. The Hall–Kier alpha value is -1.40. The summed E-state index contributed by atoms with van der Waals surface area (Å²) in [5, 5.41) is 28.2. The van der Waals surface area contributed by atoms with Gasteiger partial charge < -0.3 is 15.3 Å². The van der Waals surface area contributed by atoms with Crippen LogP contribution in [0.1, 0.15) is 24.9 Å². The number of phenolic OH excluding ortho intramolecular Hbond substituents is 2. The highest BCUT2D eigenvalue weighted by atomic mass is 32.2. The zero-order chi connectivity index (χ0) is 14.7. The van der Waals surface area contributed by atoms with Crippen molar-refractivity contribution in [2.45, 2.75) is 25.4 Å². The molecule has 1 saturated heterocycles. The molecule has 0 bridgehead atoms. The average molecular weight is 297 g/mol. The third-order valence-corrected chi connectivity index (χ3v) is 4.68. The summed E-state index contributed by atoms with van der Waals surface area (Å²) in [5.41, 5.74) is 0.796. The largest absolute Gasteiger partial charge is 0.508 e. The number of aliphatic carboxylic acids is 1. The fraction of sp³-hybridized carbons (Fsp3) is 0.500. The molecule has 0 saturated carbocycles. The van der Waals surface area contributed by atoms with Gasteiger partial charge in [0, 0.05) is 36.2 Å². The van der Waals surface area contributed by atoms with Crippen LogP contribution in [0.15, 0.2) is 18.2 Å². The van der Waals surface area contributed by atoms with Crippen molar-refractivity contribution >= 4 is 17.7 Å². The van der Waals surface area contributed by atoms with Gasteiger partial charge in [-0.2, -0.15) is 11.8 Å². The van der Waals surface area contributed by atoms with Gasteiger partial charge in [-0.15, -0.1) is 0 Å². The van der Waals surface area contributed by atoms with Crippen LogP contribution in [0.5, 0.6) is 11.5 Å². The summed E-state index contributed by atoms with van der Waals surface area (Å²) >= 11 is 1.76. The van der Waals surface area contributed by atoms with Crippen molar-refractivity contribution in [3.8, 4) is 11.5 Å². The molecule has 5 nitrogen and oxygen atoms in total. The SMILES string of the molecule is CC(c1cc(O)cc(O)c1)N1CCSCC1CC(=O)O. The first-order valence-corrected chi connectivity index (χ1v) is 7.71. The first-order chi connectivity index (χ1) is 9.47. The van der Waals surface area contributed by atoms with Gasteiger partial charge in [-0.05, 0) is 24.6 Å². The van der Waals surface area contributed by atoms with Crippen molar-refractivity contribution in [2.75, 3.05) is 18.1 Å². The Morgan fingerprint density at radius 2 is 2.05 bits per heavy atom. The van der Waals surface area contributed by atoms with Gasteiger partial charge in [0.2, 0.25) is 0 Å². The maximum atomic E-state index is 11.0. The minimum Gasteiger partial charge on any atom is -0.508 e. The number of carboxylic acids is 1. The van der Waals surface area contributed by atoms with Crippen molar-refractivity contribution in [3.05, 3.63) is 23.8 Å². The molecule has 3 N–H and O–H groups in total. The molecule has 20 heavy (non-hydrogen) atoms. The number of aromatic hydroxyl groups is 2. The Morgan fingerprint density at radius 1 is 1.40 bits per heavy atom. The van der Waals surface area contributed by atoms with Gasteiger partial charge in [0.1, 0.15) is 11.5 Å². The fourth-order valence-corrected chi connectivity index (χ4v) is 3.69. The molecule has 110 valence electrons. The zero-order valence-electron chi connectivity index (χ0n) is 11.3. The Morgan fingerprint density at radius 3 is 2.65 bits per heavy atom. The molecular formula is C14H19NO4S. The second-order valence-electron chi connectivity index (χ2n) is 5.02. The molecule has 0 spiro atoms. The standard InChI is InChI=1S/C14H19NO4S/c1-9(10-4-12(16)7-13(17)5-10)15-2-3-20-8-11(15)6-14(18)19/h4-5,7,9,11,16-17H,2-3,6,8H2,1H3,(H,18,19). The lowest BCUT2D eigenvalue weighted by molar-refractivity contribution is -0.138. The lowest BCUT2D eigenvalue weighted by Gasteiger charge is -2.39. The van der Waals surface area contributed by atoms with Crippen LogP contribution in [0.2, 0.25) is 0 Å². The van der Waals surface area contributed by atoms with Crippen LogP contribution in [0.3, 0.4) is 0 Å². The number of hydrogen-bond donors (Lipinski definition) is 3. The van der Waals surface area contributed by atoms with Crippen molar-refractivity contribution in [3.63, 3.8) is 0 Å². The van der Waals surface area contributed by atoms with Crippen LogP contribution < -0.4 is 0 Å². The predicted molar refractivity (Wildman–Crippen MR) is 78.3 cm³/mol. The summed E-state index contributed by atoms with van der Waals surface area (Å²) in [6.07, 6.45) is 0.113. The predicted octanol–water partition coefficient (Wildman–Crippen LogP) is 2.05. The molecule has 2 rings (SSSR count). The summed E-state index contributed by atoms with van der Waals surface area (Å²) in [6, 6.07) is 4.45. The number of carboxylic acid groups (broad SMARTS) is 1. The van der Waals surface area contributed by atoms with Crippen LogP contribution >= 0.6 is 11.8 Å². The minimum absolute atomic E-state index is 0.0213. The van der Waals surface area contributed by atoms with Gasteiger partial charge in [0.05, 0.1) is 6.42 Å². The van der Waals surface area contributed by atoms with Crippen LogP contribution in [0.4, 0.5) is 0 Å². The molecule has 1 aliphatic rings. The van der Waals surface area contributed by atoms with E-state index in [4.69, 9.17) is 5.11 Å². The lowest BCUT2D eigenvalue weighted by atomic mass is 10.0. The highest BCUT2D eigenvalue weighted by Gasteiger charge is 2.29. The van der Waals surface area contributed by atoms with E-state index >= 15 is 0 Å². The van der Waals surface area contributed by atoms with Gasteiger partial charge >= 0.3 is 5.97 Å². The van der Waals surface area contributed by atoms with E-state index in [1.54, 1.807) is 23.9 Å². The molecule has 2 atom stereocenters. The van der Waals surface area contributed by atoms with Crippen LogP contribution in [0, 0.1) is 0 Å². The molecule has 1 heterocycles. The summed E-state index contributed by atoms with van der Waals surface area (Å²) < 4.78 is 0. The first kappa shape index (κ1) is 15.0. The third kappa shape index (κ3) is 3.58. The fourth-order valence-electron chi connectivity index (χ4n) is 2.61. The minimum atomic E-state index is -0.798. The summed E-state index contributed by atoms with van der Waals surface area (Å²) in [4.78, 5) is 13.1. The van der Waals surface area contributed by atoms with E-state index in [0.29, 0.717) is 0 Å². The Kier molecular flexibility index (Phi) is 4.77. The van der Waals surface area contributed by atoms with E-state index < -0.39 is 5.97 Å². The average Bonchev–Trinajstić information content (AvgIpc) is 2.36. The highest BCUT2D eigenvalue weighted by molar-refractivity contribution is 7.99. The molecule has 1 fully saturated rings. The summed E-state index contributed by atoms with van der Waals surface area (Å²) in [7, 11) is 0. The summed E-state index contributed by atoms with van der Waals surface area (Å²) in [6.45, 7) is 2.78. The zero-order valence-corrected chi connectivity index (χ0v) is 12.1. The van der Waals surface area contributed by atoms with E-state index in [1.165, 1.54) is 6.07 Å². The van der Waals surface area contributed by atoms with E-state index in [9.17, 15) is 15.0 Å². The number of hydrogen-bond acceptors (Lipinski definition) is 5. The van der Waals surface area contributed by atoms with Gasteiger partial charge in [-0.25, -0.2) is 0 Å². The van der Waals surface area contributed by atoms with Crippen LogP contribution in [-0.4, -0.2) is 50.3 Å². The molecule has 6 heteroatoms. The molecule has 0 aliphatic carbocycles. The molecule has 1 aliphatic heterocycles. The maximum absolute atomic E-state index is 11.0. The smallest absolute Gasteiger partial charge is 0.304 e. The quantitative estimate of drug-likeness (QED) is 0.789. The number of carbonyl (C=O) groups is 1. The lowest BCUT2D eigenvalue weighted by Crippen LogP contribution is -2.44. The topological polar surface area (TPSA) is 81.0 Å². The number of nitrogens with zero attached hydrogens (tertiary/aromatic N) is 1. The molecule has 0 amide bonds. The molecule has 2 unspecified atom stereocenters. The van der Waals surface area contributed by atoms with Crippen molar-refractivity contribution in [2.24, 2.45) is 0 Å². The van der Waals surface area contributed by atoms with E-state index in [2.05, 4.69) is 4.90 Å². The monoisotopic (exact) mass is 297 g/mol. The van der Waals surface area contributed by atoms with E-state index in [0.717, 1.165) is 23.6 Å². The Labute approximate surface area is 122 Å². The summed E-state index contributed by atoms with van der Waals surface area (Å²) in [5.74, 6) is 1.00. The number of thioether (sulfide) groups is 1. The molecule has 0 radical (unpaired) electrons. The Bertz CT molecular complexity index is 474. The molecule has 1 aromatic rings. The normalized spacial score (nSPS) is 21.6. The highest BCUT2D eigenvalue weighted by Crippen LogP contribution is 2.32. The third-order valence-electron chi connectivity index (χ3n) is 3.59. The Balaban J connectivity index is 2.20. The van der Waals surface area contributed by atoms with Crippen molar-refractivity contribution in [1.29, 1.82) is 0 Å². The van der Waals surface area contributed by atoms with Gasteiger partial charge in [0.15, 0.2) is 0 Å². The number of phenols is 2. The second-order valence-corrected chi connectivity index (χ2v) is 6.17. The molecule has 1 aromatic carbocycles. The molecule has 0 aromatic heterocycles. The van der Waals surface area contributed by atoms with Gasteiger partial charge in [-0.3, -0.25) is 9.69 Å². The van der Waals surface area contributed by atoms with Crippen molar-refractivity contribution < 1.29 is 20.1 Å². The molecular weight excluding hydrogens is 278 g/mol. The number of benzene rings is 1. The van der Waals surface area contributed by atoms with E-state index in [1.807, 2.05) is 6.92 Å². The van der Waals surface area contributed by atoms with E-state index in [-0.39, 0.29) is 30.0 Å². The van der Waals surface area contributed by atoms with Crippen LogP contribution in [0.25, 0.3) is 0 Å². The number of rotatable bonds is 4. The van der Waals surface area contributed by atoms with Crippen molar-refractivity contribution in [1.82, 2.24) is 4.90 Å². The maximum Gasteiger partial charge on any atom is 0.304 e.